The van der Waals surface area contributed by atoms with Crippen LogP contribution < -0.4 is 14.4 Å². The fraction of sp³-hybridized carbons (Fsp3) is 0.391. The normalized spacial score (nSPS) is 12.6. The van der Waals surface area contributed by atoms with Gasteiger partial charge in [0.25, 0.3) is 0 Å². The maximum absolute atomic E-state index is 13.2. The average Bonchev–Trinajstić information content (AvgIpc) is 3.16. The Morgan fingerprint density at radius 3 is 2.48 bits per heavy atom. The zero-order chi connectivity index (χ0) is 20.9. The molecular weight excluding hydrogens is 434 g/mol. The molecule has 0 spiro atoms. The molecule has 0 bridgehead atoms. The number of aromatic nitrogens is 1. The molecule has 0 saturated heterocycles. The first-order valence-corrected chi connectivity index (χ1v) is 11.1. The zero-order valence-corrected chi connectivity index (χ0v) is 19.5. The van der Waals surface area contributed by atoms with E-state index in [9.17, 15) is 4.79 Å². The summed E-state index contributed by atoms with van der Waals surface area (Å²) in [5.41, 5.74) is 2.01. The number of hydrogen-bond donors (Lipinski definition) is 0. The second-order valence-corrected chi connectivity index (χ2v) is 8.66. The van der Waals surface area contributed by atoms with Gasteiger partial charge in [-0.3, -0.25) is 9.69 Å². The van der Waals surface area contributed by atoms with Gasteiger partial charge in [-0.25, -0.2) is 4.98 Å². The van der Waals surface area contributed by atoms with E-state index in [4.69, 9.17) is 14.5 Å². The van der Waals surface area contributed by atoms with Crippen LogP contribution in [0.25, 0.3) is 10.2 Å². The van der Waals surface area contributed by atoms with Crippen molar-refractivity contribution in [3.05, 3.63) is 48.0 Å². The van der Waals surface area contributed by atoms with Crippen molar-refractivity contribution in [2.45, 2.75) is 19.3 Å². The number of aryl methyl sites for hydroxylation is 1. The van der Waals surface area contributed by atoms with Crippen LogP contribution in [-0.4, -0.2) is 56.2 Å². The molecule has 1 aliphatic rings. The molecule has 6 nitrogen and oxygen atoms in total. The Morgan fingerprint density at radius 1 is 1.06 bits per heavy atom. The number of benzene rings is 2. The fourth-order valence-electron chi connectivity index (χ4n) is 3.47. The third-order valence-electron chi connectivity index (χ3n) is 5.03. The Kier molecular flexibility index (Phi) is 8.12. The summed E-state index contributed by atoms with van der Waals surface area (Å²) in [5.74, 6) is 1.58. The Bertz CT molecular complexity index is 967. The molecule has 4 rings (SSSR count). The topological polar surface area (TPSA) is 54.9 Å². The smallest absolute Gasteiger partial charge is 0.229 e. The van der Waals surface area contributed by atoms with E-state index in [0.717, 1.165) is 46.2 Å². The third-order valence-corrected chi connectivity index (χ3v) is 6.07. The number of anilines is 1. The number of thiazole rings is 1. The Balaban J connectivity index is 0.00000272. The molecule has 0 unspecified atom stereocenters. The van der Waals surface area contributed by atoms with Crippen LogP contribution in [0.2, 0.25) is 0 Å². The minimum atomic E-state index is 0. The maximum Gasteiger partial charge on any atom is 0.229 e. The van der Waals surface area contributed by atoms with Gasteiger partial charge in [0.1, 0.15) is 13.2 Å². The number of ether oxygens (including phenoxy) is 2. The lowest BCUT2D eigenvalue weighted by Crippen LogP contribution is -2.33. The fourth-order valence-corrected chi connectivity index (χ4v) is 4.49. The summed E-state index contributed by atoms with van der Waals surface area (Å²) in [5, 5.41) is 0.740. The van der Waals surface area contributed by atoms with Gasteiger partial charge in [0.15, 0.2) is 16.6 Å². The van der Waals surface area contributed by atoms with Crippen LogP contribution in [0.1, 0.15) is 18.4 Å². The van der Waals surface area contributed by atoms with E-state index in [1.165, 1.54) is 16.9 Å². The minimum absolute atomic E-state index is 0. The van der Waals surface area contributed by atoms with E-state index in [-0.39, 0.29) is 18.3 Å². The van der Waals surface area contributed by atoms with Crippen molar-refractivity contribution < 1.29 is 14.3 Å². The molecule has 31 heavy (non-hydrogen) atoms. The van der Waals surface area contributed by atoms with E-state index in [1.807, 2.05) is 49.3 Å². The molecule has 0 aliphatic carbocycles. The second kappa shape index (κ2) is 10.8. The van der Waals surface area contributed by atoms with Crippen molar-refractivity contribution in [2.24, 2.45) is 0 Å². The number of amides is 1. The van der Waals surface area contributed by atoms with Crippen molar-refractivity contribution in [3.63, 3.8) is 0 Å². The van der Waals surface area contributed by atoms with Gasteiger partial charge in [-0.2, -0.15) is 0 Å². The highest BCUT2D eigenvalue weighted by Crippen LogP contribution is 2.39. The summed E-state index contributed by atoms with van der Waals surface area (Å²) in [7, 11) is 4.09. The summed E-state index contributed by atoms with van der Waals surface area (Å²) < 4.78 is 12.4. The molecule has 0 N–H and O–H groups in total. The lowest BCUT2D eigenvalue weighted by Gasteiger charge is -2.21. The molecule has 0 atom stereocenters. The monoisotopic (exact) mass is 461 g/mol. The van der Waals surface area contributed by atoms with Crippen LogP contribution in [0.15, 0.2) is 42.5 Å². The summed E-state index contributed by atoms with van der Waals surface area (Å²) in [6, 6.07) is 14.0. The third kappa shape index (κ3) is 5.87. The van der Waals surface area contributed by atoms with Crippen LogP contribution in [0.5, 0.6) is 11.5 Å². The van der Waals surface area contributed by atoms with Crippen molar-refractivity contribution in [1.29, 1.82) is 0 Å². The number of halogens is 1. The molecule has 2 aromatic carbocycles. The van der Waals surface area contributed by atoms with Gasteiger partial charge in [0, 0.05) is 25.1 Å². The number of carbonyl (C=O) groups is 1. The second-order valence-electron chi connectivity index (χ2n) is 7.65. The Hall–Kier alpha value is -2.35. The number of carbonyl (C=O) groups excluding carboxylic acids is 1. The van der Waals surface area contributed by atoms with Crippen molar-refractivity contribution in [1.82, 2.24) is 9.88 Å². The first-order valence-electron chi connectivity index (χ1n) is 10.3. The van der Waals surface area contributed by atoms with Crippen LogP contribution in [0, 0.1) is 0 Å². The predicted octanol–water partition coefficient (Wildman–Crippen LogP) is 4.41. The van der Waals surface area contributed by atoms with Crippen molar-refractivity contribution >= 4 is 45.0 Å². The predicted molar refractivity (Wildman–Crippen MR) is 128 cm³/mol. The molecule has 0 fully saturated rings. The van der Waals surface area contributed by atoms with Crippen molar-refractivity contribution in [3.8, 4) is 11.5 Å². The number of fused-ring (bicyclic) bond motifs is 2. The lowest BCUT2D eigenvalue weighted by atomic mass is 10.1. The zero-order valence-electron chi connectivity index (χ0n) is 17.9. The average molecular weight is 462 g/mol. The first-order chi connectivity index (χ1) is 14.6. The molecule has 0 radical (unpaired) electrons. The highest BCUT2D eigenvalue weighted by Gasteiger charge is 2.21. The largest absolute Gasteiger partial charge is 0.486 e. The van der Waals surface area contributed by atoms with E-state index in [1.54, 1.807) is 0 Å². The van der Waals surface area contributed by atoms with Gasteiger partial charge in [-0.1, -0.05) is 41.7 Å². The summed E-state index contributed by atoms with van der Waals surface area (Å²) in [6.07, 6.45) is 2.08. The standard InChI is InChI=1S/C23H27N3O3S.ClH/c1-25(2)11-6-12-26(22(27)10-9-17-7-4-3-5-8-17)23-24-18-15-19-20(16-21(18)30-23)29-14-13-28-19;/h3-5,7-8,15-16H,6,9-14H2,1-2H3;1H. The quantitative estimate of drug-likeness (QED) is 0.497. The molecule has 1 aromatic heterocycles. The highest BCUT2D eigenvalue weighted by molar-refractivity contribution is 7.22. The molecule has 2 heterocycles. The van der Waals surface area contributed by atoms with Gasteiger partial charge >= 0.3 is 0 Å². The molecule has 166 valence electrons. The molecule has 8 heteroatoms. The van der Waals surface area contributed by atoms with Gasteiger partial charge in [0.05, 0.1) is 10.2 Å². The molecule has 1 amide bonds. The van der Waals surface area contributed by atoms with Crippen LogP contribution in [0.4, 0.5) is 5.13 Å². The lowest BCUT2D eigenvalue weighted by molar-refractivity contribution is -0.118. The molecule has 0 saturated carbocycles. The Labute approximate surface area is 193 Å². The number of hydrogen-bond acceptors (Lipinski definition) is 6. The molecule has 3 aromatic rings. The van der Waals surface area contributed by atoms with Gasteiger partial charge in [-0.05, 0) is 39.0 Å². The molecule has 1 aliphatic heterocycles. The minimum Gasteiger partial charge on any atom is -0.486 e. The van der Waals surface area contributed by atoms with Gasteiger partial charge in [-0.15, -0.1) is 12.4 Å². The summed E-state index contributed by atoms with van der Waals surface area (Å²) >= 11 is 1.53. The highest BCUT2D eigenvalue weighted by atomic mass is 35.5. The summed E-state index contributed by atoms with van der Waals surface area (Å²) in [4.78, 5) is 21.9. The SMILES string of the molecule is CN(C)CCCN(C(=O)CCc1ccccc1)c1nc2cc3c(cc2s1)OCCO3.Cl. The van der Waals surface area contributed by atoms with Crippen molar-refractivity contribution in [2.75, 3.05) is 45.3 Å². The van der Waals surface area contributed by atoms with E-state index < -0.39 is 0 Å². The van der Waals surface area contributed by atoms with Gasteiger partial charge < -0.3 is 14.4 Å². The van der Waals surface area contributed by atoms with Crippen LogP contribution in [-0.2, 0) is 11.2 Å². The Morgan fingerprint density at radius 2 is 1.77 bits per heavy atom. The molecular formula is C23H28ClN3O3S. The van der Waals surface area contributed by atoms with Crippen LogP contribution >= 0.6 is 23.7 Å². The van der Waals surface area contributed by atoms with Gasteiger partial charge in [0.2, 0.25) is 5.91 Å². The first kappa shape index (κ1) is 23.3. The van der Waals surface area contributed by atoms with E-state index in [0.29, 0.717) is 26.2 Å². The van der Waals surface area contributed by atoms with E-state index >= 15 is 0 Å². The summed E-state index contributed by atoms with van der Waals surface area (Å²) in [6.45, 7) is 2.67. The number of nitrogens with zero attached hydrogens (tertiary/aromatic N) is 3. The number of rotatable bonds is 8. The maximum atomic E-state index is 13.2. The van der Waals surface area contributed by atoms with E-state index in [2.05, 4.69) is 17.0 Å². The van der Waals surface area contributed by atoms with Crippen LogP contribution in [0.3, 0.4) is 0 Å².